The van der Waals surface area contributed by atoms with Crippen molar-refractivity contribution in [1.29, 1.82) is 0 Å². The molecule has 142 valence electrons. The second-order valence-corrected chi connectivity index (χ2v) is 7.08. The molecule has 0 spiro atoms. The normalized spacial score (nSPS) is 14.7. The summed E-state index contributed by atoms with van der Waals surface area (Å²) in [5, 5.41) is 3.47. The highest BCUT2D eigenvalue weighted by molar-refractivity contribution is 6.37. The molecule has 2 amide bonds. The zero-order valence-electron chi connectivity index (χ0n) is 14.7. The molecule has 0 unspecified atom stereocenters. The van der Waals surface area contributed by atoms with Gasteiger partial charge in [-0.3, -0.25) is 14.6 Å². The molecule has 0 aliphatic carbocycles. The molecular weight excluding hydrogens is 389 g/mol. The van der Waals surface area contributed by atoms with Crippen LogP contribution in [0.2, 0.25) is 10.0 Å². The molecule has 0 radical (unpaired) electrons. The average molecular weight is 408 g/mol. The maximum atomic E-state index is 12.7. The summed E-state index contributed by atoms with van der Waals surface area (Å²) >= 11 is 12.2. The van der Waals surface area contributed by atoms with Crippen LogP contribution in [0.1, 0.15) is 23.2 Å². The number of halogens is 2. The molecule has 27 heavy (non-hydrogen) atoms. The SMILES string of the molecule is COc1c(Cl)cc(C(=O)N2CCC(C(=O)Nc3ccncc3)CC2)cc1Cl. The van der Waals surface area contributed by atoms with Gasteiger partial charge in [-0.05, 0) is 37.1 Å². The number of ether oxygens (including phenoxy) is 1. The molecule has 1 aromatic heterocycles. The summed E-state index contributed by atoms with van der Waals surface area (Å²) in [6.07, 6.45) is 4.45. The van der Waals surface area contributed by atoms with Crippen LogP contribution in [0.25, 0.3) is 0 Å². The van der Waals surface area contributed by atoms with E-state index in [1.807, 2.05) is 0 Å². The van der Waals surface area contributed by atoms with Crippen LogP contribution in [0, 0.1) is 5.92 Å². The minimum absolute atomic E-state index is 0.0381. The van der Waals surface area contributed by atoms with Gasteiger partial charge in [0.2, 0.25) is 5.91 Å². The Hall–Kier alpha value is -2.31. The topological polar surface area (TPSA) is 71.5 Å². The fourth-order valence-corrected chi connectivity index (χ4v) is 3.73. The monoisotopic (exact) mass is 407 g/mol. The maximum absolute atomic E-state index is 12.7. The van der Waals surface area contributed by atoms with Crippen LogP contribution < -0.4 is 10.1 Å². The van der Waals surface area contributed by atoms with E-state index in [0.29, 0.717) is 47.3 Å². The van der Waals surface area contributed by atoms with E-state index in [0.717, 1.165) is 5.69 Å². The Labute approximate surface area is 167 Å². The first kappa shape index (κ1) is 19.5. The molecule has 2 aromatic rings. The van der Waals surface area contributed by atoms with Crippen molar-refractivity contribution < 1.29 is 14.3 Å². The number of rotatable bonds is 4. The molecule has 0 bridgehead atoms. The number of benzene rings is 1. The van der Waals surface area contributed by atoms with Crippen molar-refractivity contribution in [3.05, 3.63) is 52.3 Å². The van der Waals surface area contributed by atoms with Gasteiger partial charge < -0.3 is 15.0 Å². The number of hydrogen-bond acceptors (Lipinski definition) is 4. The van der Waals surface area contributed by atoms with Crippen LogP contribution in [0.3, 0.4) is 0 Å². The summed E-state index contributed by atoms with van der Waals surface area (Å²) in [5.74, 6) is 0.0184. The molecule has 1 saturated heterocycles. The standard InChI is InChI=1S/C19H19Cl2N3O3/c1-27-17-15(20)10-13(11-16(17)21)19(26)24-8-4-12(5-9-24)18(25)23-14-2-6-22-7-3-14/h2-3,6-7,10-12H,4-5,8-9H2,1H3,(H,22,23,25). The van der Waals surface area contributed by atoms with Gasteiger partial charge in [0.1, 0.15) is 0 Å². The number of nitrogens with zero attached hydrogens (tertiary/aromatic N) is 2. The van der Waals surface area contributed by atoms with Crippen molar-refractivity contribution in [2.24, 2.45) is 5.92 Å². The van der Waals surface area contributed by atoms with Gasteiger partial charge in [-0.1, -0.05) is 23.2 Å². The highest BCUT2D eigenvalue weighted by Gasteiger charge is 2.28. The lowest BCUT2D eigenvalue weighted by Gasteiger charge is -2.31. The van der Waals surface area contributed by atoms with Gasteiger partial charge in [0.05, 0.1) is 17.2 Å². The fraction of sp³-hybridized carbons (Fsp3) is 0.316. The summed E-state index contributed by atoms with van der Waals surface area (Å²) in [6, 6.07) is 6.59. The van der Waals surface area contributed by atoms with E-state index in [4.69, 9.17) is 27.9 Å². The minimum Gasteiger partial charge on any atom is -0.494 e. The van der Waals surface area contributed by atoms with Gasteiger partial charge in [0, 0.05) is 42.7 Å². The average Bonchev–Trinajstić information content (AvgIpc) is 2.68. The quantitative estimate of drug-likeness (QED) is 0.834. The Morgan fingerprint density at radius 3 is 2.30 bits per heavy atom. The first-order valence-corrected chi connectivity index (χ1v) is 9.28. The molecule has 3 rings (SSSR count). The second-order valence-electron chi connectivity index (χ2n) is 6.26. The lowest BCUT2D eigenvalue weighted by atomic mass is 9.95. The lowest BCUT2D eigenvalue weighted by molar-refractivity contribution is -0.121. The van der Waals surface area contributed by atoms with E-state index in [2.05, 4.69) is 10.3 Å². The van der Waals surface area contributed by atoms with Crippen LogP contribution in [0.15, 0.2) is 36.7 Å². The van der Waals surface area contributed by atoms with E-state index in [-0.39, 0.29) is 17.7 Å². The Bertz CT molecular complexity index is 814. The molecule has 8 heteroatoms. The minimum atomic E-state index is -0.158. The third-order valence-electron chi connectivity index (χ3n) is 4.55. The van der Waals surface area contributed by atoms with Crippen molar-refractivity contribution in [2.45, 2.75) is 12.8 Å². The number of nitrogens with one attached hydrogen (secondary N) is 1. The largest absolute Gasteiger partial charge is 0.494 e. The molecule has 2 heterocycles. The molecular formula is C19H19Cl2N3O3. The number of methoxy groups -OCH3 is 1. The molecule has 1 fully saturated rings. The highest BCUT2D eigenvalue weighted by Crippen LogP contribution is 2.34. The van der Waals surface area contributed by atoms with E-state index < -0.39 is 0 Å². The Balaban J connectivity index is 1.60. The van der Waals surface area contributed by atoms with Crippen LogP contribution >= 0.6 is 23.2 Å². The van der Waals surface area contributed by atoms with Crippen molar-refractivity contribution in [3.63, 3.8) is 0 Å². The first-order chi connectivity index (χ1) is 13.0. The van der Waals surface area contributed by atoms with Crippen LogP contribution in [-0.2, 0) is 4.79 Å². The fourth-order valence-electron chi connectivity index (χ4n) is 3.09. The summed E-state index contributed by atoms with van der Waals surface area (Å²) < 4.78 is 5.11. The maximum Gasteiger partial charge on any atom is 0.253 e. The lowest BCUT2D eigenvalue weighted by Crippen LogP contribution is -2.41. The zero-order chi connectivity index (χ0) is 19.4. The summed E-state index contributed by atoms with van der Waals surface area (Å²) in [4.78, 5) is 30.8. The Morgan fingerprint density at radius 2 is 1.74 bits per heavy atom. The number of piperidine rings is 1. The number of carbonyl (C=O) groups is 2. The van der Waals surface area contributed by atoms with Crippen molar-refractivity contribution in [1.82, 2.24) is 9.88 Å². The summed E-state index contributed by atoms with van der Waals surface area (Å²) in [7, 11) is 1.47. The van der Waals surface area contributed by atoms with E-state index in [1.54, 1.807) is 41.6 Å². The number of pyridine rings is 1. The molecule has 6 nitrogen and oxygen atoms in total. The van der Waals surface area contributed by atoms with Gasteiger partial charge in [-0.2, -0.15) is 0 Å². The molecule has 1 aliphatic heterocycles. The number of anilines is 1. The number of hydrogen-bond donors (Lipinski definition) is 1. The van der Waals surface area contributed by atoms with Gasteiger partial charge in [-0.15, -0.1) is 0 Å². The van der Waals surface area contributed by atoms with Crippen LogP contribution in [-0.4, -0.2) is 41.9 Å². The zero-order valence-corrected chi connectivity index (χ0v) is 16.3. The molecule has 0 saturated carbocycles. The second kappa shape index (κ2) is 8.59. The number of amides is 2. The number of aromatic nitrogens is 1. The summed E-state index contributed by atoms with van der Waals surface area (Å²) in [5.41, 5.74) is 1.13. The number of likely N-dealkylation sites (tertiary alicyclic amines) is 1. The van der Waals surface area contributed by atoms with Crippen LogP contribution in [0.5, 0.6) is 5.75 Å². The Morgan fingerprint density at radius 1 is 1.15 bits per heavy atom. The smallest absolute Gasteiger partial charge is 0.253 e. The highest BCUT2D eigenvalue weighted by atomic mass is 35.5. The number of carbonyl (C=O) groups excluding carboxylic acids is 2. The third kappa shape index (κ3) is 4.51. The van der Waals surface area contributed by atoms with Gasteiger partial charge in [0.25, 0.3) is 5.91 Å². The van der Waals surface area contributed by atoms with E-state index in [9.17, 15) is 9.59 Å². The van der Waals surface area contributed by atoms with E-state index >= 15 is 0 Å². The summed E-state index contributed by atoms with van der Waals surface area (Å²) in [6.45, 7) is 0.989. The van der Waals surface area contributed by atoms with Crippen LogP contribution in [0.4, 0.5) is 5.69 Å². The molecule has 1 aromatic carbocycles. The third-order valence-corrected chi connectivity index (χ3v) is 5.11. The van der Waals surface area contributed by atoms with E-state index in [1.165, 1.54) is 7.11 Å². The van der Waals surface area contributed by atoms with Crippen molar-refractivity contribution in [3.8, 4) is 5.75 Å². The molecule has 1 aliphatic rings. The van der Waals surface area contributed by atoms with Crippen molar-refractivity contribution >= 4 is 40.7 Å². The van der Waals surface area contributed by atoms with Crippen molar-refractivity contribution in [2.75, 3.05) is 25.5 Å². The Kier molecular flexibility index (Phi) is 6.19. The van der Waals surface area contributed by atoms with Gasteiger partial charge >= 0.3 is 0 Å². The van der Waals surface area contributed by atoms with Gasteiger partial charge in [-0.25, -0.2) is 0 Å². The molecule has 1 N–H and O–H groups in total. The van der Waals surface area contributed by atoms with Gasteiger partial charge in [0.15, 0.2) is 5.75 Å². The first-order valence-electron chi connectivity index (χ1n) is 8.52. The molecule has 0 atom stereocenters. The predicted octanol–water partition coefficient (Wildman–Crippen LogP) is 3.89. The predicted molar refractivity (Wildman–Crippen MR) is 105 cm³/mol.